The van der Waals surface area contributed by atoms with Gasteiger partial charge in [-0.15, -0.1) is 0 Å². The fraction of sp³-hybridized carbons (Fsp3) is 0.900. The van der Waals surface area contributed by atoms with Gasteiger partial charge in [-0.2, -0.15) is 0 Å². The lowest BCUT2D eigenvalue weighted by Gasteiger charge is -2.30. The lowest BCUT2D eigenvalue weighted by atomic mass is 10.0. The molecule has 0 spiro atoms. The molecule has 88 valence electrons. The molecule has 2 unspecified atom stereocenters. The van der Waals surface area contributed by atoms with Crippen LogP contribution in [0.25, 0.3) is 0 Å². The molecule has 1 heterocycles. The molecule has 5 heteroatoms. The van der Waals surface area contributed by atoms with E-state index in [2.05, 4.69) is 10.6 Å². The summed E-state index contributed by atoms with van der Waals surface area (Å²) in [6.07, 6.45) is -0.278. The highest BCUT2D eigenvalue weighted by atomic mass is 16.6. The van der Waals surface area contributed by atoms with E-state index in [1.54, 1.807) is 0 Å². The zero-order valence-corrected chi connectivity index (χ0v) is 9.54. The number of carbonyl (C=O) groups excluding carboxylic acids is 1. The number of piperidine rings is 1. The second kappa shape index (κ2) is 4.81. The normalized spacial score (nSPS) is 27.2. The van der Waals surface area contributed by atoms with Gasteiger partial charge >= 0.3 is 6.09 Å². The molecule has 0 aromatic heterocycles. The summed E-state index contributed by atoms with van der Waals surface area (Å²) in [5.74, 6) is 0. The van der Waals surface area contributed by atoms with Gasteiger partial charge in [0.1, 0.15) is 5.60 Å². The fourth-order valence-electron chi connectivity index (χ4n) is 1.47. The minimum absolute atomic E-state index is 0.207. The molecule has 1 aliphatic rings. The van der Waals surface area contributed by atoms with Crippen molar-refractivity contribution < 1.29 is 14.6 Å². The number of hydrogen-bond acceptors (Lipinski definition) is 4. The van der Waals surface area contributed by atoms with Crippen molar-refractivity contribution in [1.29, 1.82) is 0 Å². The Kier molecular flexibility index (Phi) is 3.93. The third-order valence-electron chi connectivity index (χ3n) is 2.15. The molecule has 5 nitrogen and oxygen atoms in total. The van der Waals surface area contributed by atoms with Crippen molar-refractivity contribution in [2.45, 2.75) is 44.9 Å². The SMILES string of the molecule is CC(C)(C)OC(=O)NC1CCNCC1O. The Hall–Kier alpha value is -0.810. The van der Waals surface area contributed by atoms with E-state index in [-0.39, 0.29) is 6.04 Å². The lowest BCUT2D eigenvalue weighted by Crippen LogP contribution is -2.53. The number of carbonyl (C=O) groups is 1. The van der Waals surface area contributed by atoms with Crippen LogP contribution >= 0.6 is 0 Å². The molecule has 1 aliphatic heterocycles. The number of alkyl carbamates (subject to hydrolysis) is 1. The second-order valence-corrected chi connectivity index (χ2v) is 4.81. The summed E-state index contributed by atoms with van der Waals surface area (Å²) in [4.78, 5) is 11.4. The van der Waals surface area contributed by atoms with E-state index >= 15 is 0 Å². The standard InChI is InChI=1S/C10H20N2O3/c1-10(2,3)15-9(14)12-7-4-5-11-6-8(7)13/h7-8,11,13H,4-6H2,1-3H3,(H,12,14). The Labute approximate surface area is 90.2 Å². The van der Waals surface area contributed by atoms with E-state index in [4.69, 9.17) is 4.74 Å². The third kappa shape index (κ3) is 4.48. The zero-order valence-electron chi connectivity index (χ0n) is 9.54. The molecule has 1 fully saturated rings. The first-order valence-corrected chi connectivity index (χ1v) is 5.27. The van der Waals surface area contributed by atoms with Crippen molar-refractivity contribution in [2.24, 2.45) is 0 Å². The average molecular weight is 216 g/mol. The number of ether oxygens (including phenoxy) is 1. The molecule has 0 saturated carbocycles. The highest BCUT2D eigenvalue weighted by Crippen LogP contribution is 2.09. The quantitative estimate of drug-likeness (QED) is 0.587. The van der Waals surface area contributed by atoms with Crippen molar-refractivity contribution >= 4 is 6.09 Å². The van der Waals surface area contributed by atoms with Crippen LogP contribution in [0.5, 0.6) is 0 Å². The summed E-state index contributed by atoms with van der Waals surface area (Å²) >= 11 is 0. The maximum Gasteiger partial charge on any atom is 0.407 e. The van der Waals surface area contributed by atoms with Gasteiger partial charge in [-0.3, -0.25) is 0 Å². The van der Waals surface area contributed by atoms with E-state index in [1.165, 1.54) is 0 Å². The Balaban J connectivity index is 2.36. The molecule has 1 rings (SSSR count). The summed E-state index contributed by atoms with van der Waals surface area (Å²) in [6, 6.07) is -0.207. The summed E-state index contributed by atoms with van der Waals surface area (Å²) in [7, 11) is 0. The number of nitrogens with one attached hydrogen (secondary N) is 2. The first-order valence-electron chi connectivity index (χ1n) is 5.27. The predicted molar refractivity (Wildman–Crippen MR) is 56.7 cm³/mol. The molecule has 1 amide bonds. The Morgan fingerprint density at radius 3 is 2.73 bits per heavy atom. The Morgan fingerprint density at radius 2 is 2.20 bits per heavy atom. The lowest BCUT2D eigenvalue weighted by molar-refractivity contribution is 0.0386. The van der Waals surface area contributed by atoms with E-state index in [0.29, 0.717) is 6.54 Å². The summed E-state index contributed by atoms with van der Waals surface area (Å²) in [6.45, 7) is 6.75. The van der Waals surface area contributed by atoms with Crippen LogP contribution in [0.2, 0.25) is 0 Å². The maximum atomic E-state index is 11.4. The van der Waals surface area contributed by atoms with Crippen LogP contribution in [0.3, 0.4) is 0 Å². The van der Waals surface area contributed by atoms with Crippen LogP contribution in [0.15, 0.2) is 0 Å². The van der Waals surface area contributed by atoms with Gasteiger partial charge in [0.15, 0.2) is 0 Å². The fourth-order valence-corrected chi connectivity index (χ4v) is 1.47. The molecular formula is C10H20N2O3. The van der Waals surface area contributed by atoms with E-state index in [1.807, 2.05) is 20.8 Å². The van der Waals surface area contributed by atoms with Crippen molar-refractivity contribution in [3.8, 4) is 0 Å². The topological polar surface area (TPSA) is 70.6 Å². The van der Waals surface area contributed by atoms with Crippen molar-refractivity contribution in [3.63, 3.8) is 0 Å². The average Bonchev–Trinajstić information content (AvgIpc) is 2.05. The van der Waals surface area contributed by atoms with Gasteiger partial charge in [-0.1, -0.05) is 0 Å². The van der Waals surface area contributed by atoms with Crippen LogP contribution in [0.4, 0.5) is 4.79 Å². The molecule has 0 aliphatic carbocycles. The molecule has 0 aromatic rings. The van der Waals surface area contributed by atoms with Crippen LogP contribution in [-0.4, -0.2) is 42.0 Å². The third-order valence-corrected chi connectivity index (χ3v) is 2.15. The Bertz CT molecular complexity index is 225. The highest BCUT2D eigenvalue weighted by Gasteiger charge is 2.26. The number of aliphatic hydroxyl groups is 1. The van der Waals surface area contributed by atoms with Gasteiger partial charge in [0.2, 0.25) is 0 Å². The molecule has 2 atom stereocenters. The van der Waals surface area contributed by atoms with E-state index in [9.17, 15) is 9.90 Å². The van der Waals surface area contributed by atoms with Crippen molar-refractivity contribution in [2.75, 3.05) is 13.1 Å². The first-order chi connectivity index (χ1) is 6.88. The number of β-amino-alcohol motifs (C(OH)–C–C–N with tert-alkyl or cyclic N) is 1. The smallest absolute Gasteiger partial charge is 0.407 e. The van der Waals surface area contributed by atoms with Gasteiger partial charge in [-0.25, -0.2) is 4.79 Å². The van der Waals surface area contributed by atoms with Gasteiger partial charge in [0.05, 0.1) is 12.1 Å². The highest BCUT2D eigenvalue weighted by molar-refractivity contribution is 5.68. The summed E-state index contributed by atoms with van der Waals surface area (Å²) in [5.41, 5.74) is -0.498. The largest absolute Gasteiger partial charge is 0.444 e. The van der Waals surface area contributed by atoms with E-state index in [0.717, 1.165) is 13.0 Å². The number of hydrogen-bond donors (Lipinski definition) is 3. The van der Waals surface area contributed by atoms with Gasteiger partial charge in [-0.05, 0) is 33.7 Å². The monoisotopic (exact) mass is 216 g/mol. The van der Waals surface area contributed by atoms with Crippen LogP contribution < -0.4 is 10.6 Å². The predicted octanol–water partition coefficient (Wildman–Crippen LogP) is 0.234. The maximum absolute atomic E-state index is 11.4. The number of amides is 1. The second-order valence-electron chi connectivity index (χ2n) is 4.81. The molecule has 0 bridgehead atoms. The van der Waals surface area contributed by atoms with Gasteiger partial charge < -0.3 is 20.5 Å². The number of aliphatic hydroxyl groups excluding tert-OH is 1. The molecule has 0 aromatic carbocycles. The Morgan fingerprint density at radius 1 is 1.53 bits per heavy atom. The minimum atomic E-state index is -0.536. The van der Waals surface area contributed by atoms with Crippen LogP contribution in [0.1, 0.15) is 27.2 Å². The van der Waals surface area contributed by atoms with Crippen molar-refractivity contribution in [1.82, 2.24) is 10.6 Å². The van der Waals surface area contributed by atoms with Crippen LogP contribution in [-0.2, 0) is 4.74 Å². The van der Waals surface area contributed by atoms with Gasteiger partial charge in [0, 0.05) is 6.54 Å². The van der Waals surface area contributed by atoms with E-state index < -0.39 is 17.8 Å². The first kappa shape index (κ1) is 12.3. The molecule has 15 heavy (non-hydrogen) atoms. The number of rotatable bonds is 1. The molecule has 0 radical (unpaired) electrons. The zero-order chi connectivity index (χ0) is 11.5. The minimum Gasteiger partial charge on any atom is -0.444 e. The summed E-state index contributed by atoms with van der Waals surface area (Å²) < 4.78 is 5.11. The summed E-state index contributed by atoms with van der Waals surface area (Å²) in [5, 5.41) is 15.3. The van der Waals surface area contributed by atoms with Crippen LogP contribution in [0, 0.1) is 0 Å². The van der Waals surface area contributed by atoms with Gasteiger partial charge in [0.25, 0.3) is 0 Å². The van der Waals surface area contributed by atoms with Crippen molar-refractivity contribution in [3.05, 3.63) is 0 Å². The molecular weight excluding hydrogens is 196 g/mol. The molecule has 3 N–H and O–H groups in total. The molecule has 1 saturated heterocycles.